The number of anilines is 2. The number of methoxy groups -OCH3 is 1. The van der Waals surface area contributed by atoms with Crippen molar-refractivity contribution < 1.29 is 46.9 Å². The summed E-state index contributed by atoms with van der Waals surface area (Å²) in [7, 11) is 1.52. The highest BCUT2D eigenvalue weighted by atomic mass is 19.1. The number of rotatable bonds is 15. The topological polar surface area (TPSA) is 175 Å². The Morgan fingerprint density at radius 2 is 1.60 bits per heavy atom. The molecule has 18 nitrogen and oxygen atoms in total. The molecule has 2 aromatic heterocycles. The van der Waals surface area contributed by atoms with Gasteiger partial charge in [0.25, 0.3) is 5.91 Å². The number of ether oxygens (including phenoxy) is 4. The fourth-order valence-corrected chi connectivity index (χ4v) is 14.9. The van der Waals surface area contributed by atoms with Gasteiger partial charge in [-0.2, -0.15) is 9.97 Å². The fourth-order valence-electron chi connectivity index (χ4n) is 14.9. The van der Waals surface area contributed by atoms with Crippen LogP contribution in [0.5, 0.6) is 11.8 Å². The number of piperidine rings is 2. The summed E-state index contributed by atoms with van der Waals surface area (Å²) in [6, 6.07) is 11.8. The number of likely N-dealkylation sites (tertiary alicyclic amines) is 1. The first-order valence-corrected chi connectivity index (χ1v) is 30.1. The number of benzene rings is 3. The predicted molar refractivity (Wildman–Crippen MR) is 308 cm³/mol. The predicted octanol–water partition coefficient (Wildman–Crippen LogP) is 8.49. The molecule has 3 atom stereocenters. The van der Waals surface area contributed by atoms with E-state index in [1.54, 1.807) is 29.3 Å². The van der Waals surface area contributed by atoms with Gasteiger partial charge in [-0.1, -0.05) is 13.0 Å². The van der Waals surface area contributed by atoms with E-state index in [4.69, 9.17) is 33.9 Å². The van der Waals surface area contributed by atoms with Crippen LogP contribution in [0.15, 0.2) is 48.7 Å². The Balaban J connectivity index is 0.658. The number of carbonyl (C=O) groups is 4. The van der Waals surface area contributed by atoms with Crippen molar-refractivity contribution in [3.05, 3.63) is 77.0 Å². The number of nitrogens with one attached hydrogen (secondary N) is 1. The summed E-state index contributed by atoms with van der Waals surface area (Å²) >= 11 is 0. The van der Waals surface area contributed by atoms with Crippen molar-refractivity contribution in [1.82, 2.24) is 39.9 Å². The van der Waals surface area contributed by atoms with Crippen LogP contribution >= 0.6 is 0 Å². The minimum absolute atomic E-state index is 0.00528. The number of aromatic nitrogens is 3. The Labute approximate surface area is 483 Å². The van der Waals surface area contributed by atoms with Crippen molar-refractivity contribution in [2.24, 2.45) is 16.7 Å². The van der Waals surface area contributed by atoms with Crippen LogP contribution in [0.3, 0.4) is 0 Å². The van der Waals surface area contributed by atoms with Crippen molar-refractivity contribution in [2.75, 3.05) is 95.8 Å². The van der Waals surface area contributed by atoms with Gasteiger partial charge in [0.15, 0.2) is 12.6 Å². The molecule has 2 aliphatic carbocycles. The second-order valence-electron chi connectivity index (χ2n) is 26.1. The molecule has 2 unspecified atom stereocenters. The highest BCUT2D eigenvalue weighted by Crippen LogP contribution is 2.54. The molecule has 440 valence electrons. The van der Waals surface area contributed by atoms with E-state index < -0.39 is 17.5 Å². The van der Waals surface area contributed by atoms with Gasteiger partial charge in [0.2, 0.25) is 11.8 Å². The molecule has 1 N–H and O–H groups in total. The third kappa shape index (κ3) is 10.8. The molecule has 3 aromatic carbocycles. The van der Waals surface area contributed by atoms with E-state index in [-0.39, 0.29) is 77.6 Å². The number of piperazine rings is 2. The maximum Gasteiger partial charge on any atom is 0.410 e. The zero-order valence-electron chi connectivity index (χ0n) is 48.4. The first kappa shape index (κ1) is 55.4. The second-order valence-corrected chi connectivity index (χ2v) is 26.1. The van der Waals surface area contributed by atoms with E-state index in [9.17, 15) is 19.2 Å². The minimum Gasteiger partial charge on any atom is -0.468 e. The summed E-state index contributed by atoms with van der Waals surface area (Å²) in [4.78, 5) is 79.1. The smallest absolute Gasteiger partial charge is 0.410 e. The molecule has 5 saturated heterocycles. The maximum absolute atomic E-state index is 17.7. The quantitative estimate of drug-likeness (QED) is 0.0780. The lowest BCUT2D eigenvalue weighted by Gasteiger charge is -2.54. The summed E-state index contributed by atoms with van der Waals surface area (Å²) < 4.78 is 56.9. The molecular weight excluding hydrogens is 1060 g/mol. The van der Waals surface area contributed by atoms with Gasteiger partial charge in [0.05, 0.1) is 24.1 Å². The van der Waals surface area contributed by atoms with E-state index in [1.807, 2.05) is 44.7 Å². The number of aryl methyl sites for hydroxylation is 1. The van der Waals surface area contributed by atoms with Crippen LogP contribution < -0.4 is 24.6 Å². The molecular formula is C63H76F2N10O8. The molecule has 2 bridgehead atoms. The first-order valence-electron chi connectivity index (χ1n) is 30.1. The van der Waals surface area contributed by atoms with E-state index in [1.165, 1.54) is 38.9 Å². The average Bonchev–Trinajstić information content (AvgIpc) is 4.28. The number of nitrogens with zero attached hydrogens (tertiary/aromatic N) is 9. The summed E-state index contributed by atoms with van der Waals surface area (Å²) in [6.45, 7) is 17.1. The third-order valence-corrected chi connectivity index (χ3v) is 19.3. The number of hydrogen-bond acceptors (Lipinski definition) is 15. The lowest BCUT2D eigenvalue weighted by molar-refractivity contribution is -0.136. The van der Waals surface area contributed by atoms with Gasteiger partial charge in [-0.05, 0) is 168 Å². The van der Waals surface area contributed by atoms with Gasteiger partial charge in [0.1, 0.15) is 40.2 Å². The zero-order chi connectivity index (χ0) is 57.5. The van der Waals surface area contributed by atoms with Crippen molar-refractivity contribution in [3.63, 3.8) is 0 Å². The largest absolute Gasteiger partial charge is 0.468 e. The molecule has 8 heterocycles. The maximum atomic E-state index is 17.7. The lowest BCUT2D eigenvalue weighted by Crippen LogP contribution is -2.57. The summed E-state index contributed by atoms with van der Waals surface area (Å²) in [5.74, 6) is -0.264. The zero-order valence-corrected chi connectivity index (χ0v) is 48.4. The van der Waals surface area contributed by atoms with Crippen LogP contribution in [0, 0.1) is 28.4 Å². The molecule has 2 saturated carbocycles. The SMILES string of the molecule is CCc1c(F)ccc2cc(OCOC)cc(-c3ncc4c(N5CC6CCC(C5)N6C(=O)OC(C)(C)C)nc(OCC5(CN6CCC7(CC6)CC(CN6CCN(c8ccc9c(c8)CN([C@H]8CCC(=O)NC8=O)C9=O)CC6)C7)CC5)nc4c3F)c12. The molecule has 5 aromatic rings. The molecule has 83 heavy (non-hydrogen) atoms. The Hall–Kier alpha value is -6.77. The number of fused-ring (bicyclic) bond motifs is 5. The summed E-state index contributed by atoms with van der Waals surface area (Å²) in [5.41, 5.74) is 3.26. The van der Waals surface area contributed by atoms with Crippen molar-refractivity contribution in [2.45, 2.75) is 129 Å². The average molecular weight is 1140 g/mol. The molecule has 7 fully saturated rings. The highest BCUT2D eigenvalue weighted by Gasteiger charge is 2.50. The molecule has 4 amide bonds. The number of pyridine rings is 1. The Kier molecular flexibility index (Phi) is 14.5. The van der Waals surface area contributed by atoms with Crippen LogP contribution in [0.25, 0.3) is 32.9 Å². The third-order valence-electron chi connectivity index (χ3n) is 19.3. The molecule has 6 aliphatic heterocycles. The molecule has 0 radical (unpaired) electrons. The number of imide groups is 1. The van der Waals surface area contributed by atoms with Gasteiger partial charge in [-0.15, -0.1) is 0 Å². The number of amides is 4. The minimum atomic E-state index is -0.679. The standard InChI is InChI=1S/C63H76F2N10O8/c1-6-45-49(64)12-7-39-26-44(82-37-80-5)27-47(52(39)45)54-53(65)55-48(30-66-54)56(73-33-42-8-9-43(34-73)75(42)60(79)83-61(2,3)4)69-59(68-55)81-36-63(15-16-63)35-71-19-17-62(18-20-71)28-38(29-62)31-70-21-23-72(24-22-70)41-10-11-46-40(25-41)32-74(58(46)78)50-13-14-51(76)67-57(50)77/h7,10-12,25-27,30,38,42-43,50H,6,8-9,13-24,28-29,31-37H2,1-5H3,(H,67,76,77)/t42?,43?,50-/m0/s1. The van der Waals surface area contributed by atoms with Gasteiger partial charge < -0.3 is 38.5 Å². The van der Waals surface area contributed by atoms with Gasteiger partial charge >= 0.3 is 12.1 Å². The second kappa shape index (κ2) is 21.7. The van der Waals surface area contributed by atoms with Crippen LogP contribution in [-0.2, 0) is 32.0 Å². The van der Waals surface area contributed by atoms with Gasteiger partial charge in [-0.3, -0.25) is 34.5 Å². The normalized spacial score (nSPS) is 23.5. The monoisotopic (exact) mass is 1140 g/mol. The first-order chi connectivity index (χ1) is 39.9. The number of carbonyl (C=O) groups excluding carboxylic acids is 4. The Bertz CT molecular complexity index is 3370. The van der Waals surface area contributed by atoms with Gasteiger partial charge in [-0.25, -0.2) is 13.6 Å². The molecule has 13 rings (SSSR count). The van der Waals surface area contributed by atoms with E-state index in [0.29, 0.717) is 94.8 Å². The Morgan fingerprint density at radius 1 is 0.843 bits per heavy atom. The lowest BCUT2D eigenvalue weighted by atomic mass is 9.57. The molecule has 1 spiro atoms. The van der Waals surface area contributed by atoms with Crippen molar-refractivity contribution in [3.8, 4) is 23.0 Å². The van der Waals surface area contributed by atoms with E-state index in [0.717, 1.165) is 89.3 Å². The van der Waals surface area contributed by atoms with Crippen molar-refractivity contribution >= 4 is 57.0 Å². The van der Waals surface area contributed by atoms with Crippen LogP contribution in [0.1, 0.15) is 113 Å². The molecule has 8 aliphatic rings. The van der Waals surface area contributed by atoms with Crippen LogP contribution in [0.2, 0.25) is 0 Å². The van der Waals surface area contributed by atoms with Crippen LogP contribution in [-0.4, -0.2) is 168 Å². The highest BCUT2D eigenvalue weighted by molar-refractivity contribution is 6.06. The fraction of sp³-hybridized carbons (Fsp3) is 0.571. The van der Waals surface area contributed by atoms with Gasteiger partial charge in [0, 0.05) is 101 Å². The Morgan fingerprint density at radius 3 is 2.30 bits per heavy atom. The van der Waals surface area contributed by atoms with Crippen LogP contribution in [0.4, 0.5) is 25.1 Å². The number of halogens is 2. The number of hydrogen-bond donors (Lipinski definition) is 1. The van der Waals surface area contributed by atoms with E-state index in [2.05, 4.69) is 31.0 Å². The summed E-state index contributed by atoms with van der Waals surface area (Å²) in [6.07, 6.45) is 10.8. The van der Waals surface area contributed by atoms with Crippen molar-refractivity contribution in [1.29, 1.82) is 0 Å². The van der Waals surface area contributed by atoms with E-state index >= 15 is 8.78 Å². The summed E-state index contributed by atoms with van der Waals surface area (Å²) in [5, 5.41) is 4.03. The molecule has 20 heteroatoms.